The van der Waals surface area contributed by atoms with E-state index in [9.17, 15) is 24.9 Å². The van der Waals surface area contributed by atoms with E-state index in [4.69, 9.17) is 9.15 Å². The number of aryl methyl sites for hydroxylation is 1. The quantitative estimate of drug-likeness (QED) is 0.670. The molecule has 0 radical (unpaired) electrons. The maximum Gasteiger partial charge on any atom is 0.343 e. The number of aromatic hydroxyl groups is 3. The molecule has 2 heterocycles. The maximum absolute atomic E-state index is 12.5. The average molecular weight is 402 g/mol. The zero-order chi connectivity index (χ0) is 21.7. The second kappa shape index (κ2) is 7.13. The Balaban J connectivity index is 2.28. The van der Waals surface area contributed by atoms with Gasteiger partial charge in [-0.1, -0.05) is 6.92 Å². The van der Waals surface area contributed by atoms with E-state index in [0.717, 1.165) is 0 Å². The van der Waals surface area contributed by atoms with E-state index in [1.165, 1.54) is 6.92 Å². The highest BCUT2D eigenvalue weighted by molar-refractivity contribution is 6.01. The molecule has 156 valence electrons. The molecule has 1 aliphatic heterocycles. The molecule has 0 bridgehead atoms. The van der Waals surface area contributed by atoms with E-state index in [1.807, 2.05) is 20.8 Å². The highest BCUT2D eigenvalue weighted by Gasteiger charge is 2.35. The zero-order valence-corrected chi connectivity index (χ0v) is 17.3. The molecule has 29 heavy (non-hydrogen) atoms. The van der Waals surface area contributed by atoms with Crippen LogP contribution in [0.4, 0.5) is 0 Å². The Morgan fingerprint density at radius 3 is 2.34 bits per heavy atom. The second-order valence-corrected chi connectivity index (χ2v) is 8.07. The lowest BCUT2D eigenvalue weighted by Gasteiger charge is -2.35. The number of hydrogen-bond acceptors (Lipinski definition) is 7. The lowest BCUT2D eigenvalue weighted by atomic mass is 9.87. The monoisotopic (exact) mass is 402 g/mol. The topological polar surface area (TPSA) is 117 Å². The van der Waals surface area contributed by atoms with Gasteiger partial charge in [-0.2, -0.15) is 0 Å². The predicted octanol–water partition coefficient (Wildman–Crippen LogP) is 3.52. The van der Waals surface area contributed by atoms with Crippen molar-refractivity contribution in [3.05, 3.63) is 44.0 Å². The van der Waals surface area contributed by atoms with Gasteiger partial charge in [0.05, 0.1) is 5.56 Å². The van der Waals surface area contributed by atoms with Gasteiger partial charge in [-0.05, 0) is 40.5 Å². The molecule has 3 rings (SSSR count). The van der Waals surface area contributed by atoms with Gasteiger partial charge in [0.2, 0.25) is 0 Å². The maximum atomic E-state index is 12.5. The number of hydrogen-bond donors (Lipinski definition) is 3. The van der Waals surface area contributed by atoms with E-state index in [1.54, 1.807) is 6.92 Å². The normalized spacial score (nSPS) is 14.9. The van der Waals surface area contributed by atoms with Gasteiger partial charge >= 0.3 is 5.63 Å². The first-order valence-electron chi connectivity index (χ1n) is 9.62. The number of Topliss-reactive ketones (excluding diaryl/α,β-unsaturated/α-hetero) is 1. The van der Waals surface area contributed by atoms with Gasteiger partial charge in [-0.25, -0.2) is 4.79 Å². The van der Waals surface area contributed by atoms with Crippen LogP contribution in [0.2, 0.25) is 0 Å². The Bertz CT molecular complexity index is 1060. The molecular formula is C22H26O7. The van der Waals surface area contributed by atoms with Crippen LogP contribution in [0.5, 0.6) is 23.0 Å². The molecular weight excluding hydrogens is 376 g/mol. The molecule has 2 aromatic rings. The van der Waals surface area contributed by atoms with E-state index in [2.05, 4.69) is 0 Å². The fraction of sp³-hybridized carbons (Fsp3) is 0.455. The van der Waals surface area contributed by atoms with E-state index < -0.39 is 22.8 Å². The summed E-state index contributed by atoms with van der Waals surface area (Å²) >= 11 is 0. The number of rotatable bonds is 4. The first kappa shape index (κ1) is 20.8. The predicted molar refractivity (Wildman–Crippen MR) is 106 cm³/mol. The van der Waals surface area contributed by atoms with Gasteiger partial charge in [0.15, 0.2) is 5.78 Å². The van der Waals surface area contributed by atoms with Crippen molar-refractivity contribution in [3.8, 4) is 23.0 Å². The fourth-order valence-corrected chi connectivity index (χ4v) is 3.79. The van der Waals surface area contributed by atoms with Crippen LogP contribution in [-0.4, -0.2) is 26.7 Å². The van der Waals surface area contributed by atoms with Crippen LogP contribution in [-0.2, 0) is 19.3 Å². The van der Waals surface area contributed by atoms with E-state index in [-0.39, 0.29) is 40.4 Å². The lowest BCUT2D eigenvalue weighted by molar-refractivity contribution is 0.0817. The minimum absolute atomic E-state index is 0.0376. The third-order valence-electron chi connectivity index (χ3n) is 5.50. The minimum atomic E-state index is -0.717. The Labute approximate surface area is 168 Å². The van der Waals surface area contributed by atoms with Crippen molar-refractivity contribution in [2.75, 3.05) is 0 Å². The second-order valence-electron chi connectivity index (χ2n) is 8.07. The summed E-state index contributed by atoms with van der Waals surface area (Å²) in [6, 6.07) is 0. The summed E-state index contributed by atoms with van der Waals surface area (Å²) in [5, 5.41) is 32.0. The van der Waals surface area contributed by atoms with Gasteiger partial charge < -0.3 is 24.5 Å². The molecule has 1 aliphatic rings. The first-order chi connectivity index (χ1) is 13.5. The van der Waals surface area contributed by atoms with Crippen molar-refractivity contribution >= 4 is 5.78 Å². The highest BCUT2D eigenvalue weighted by Crippen LogP contribution is 2.48. The highest BCUT2D eigenvalue weighted by atomic mass is 16.5. The molecule has 0 saturated heterocycles. The number of carbonyl (C=O) groups excluding carboxylic acids is 1. The fourth-order valence-electron chi connectivity index (χ4n) is 3.79. The number of ether oxygens (including phenoxy) is 1. The van der Waals surface area contributed by atoms with E-state index in [0.29, 0.717) is 36.1 Å². The molecule has 0 saturated carbocycles. The van der Waals surface area contributed by atoms with Crippen LogP contribution in [0.25, 0.3) is 0 Å². The molecule has 0 unspecified atom stereocenters. The zero-order valence-electron chi connectivity index (χ0n) is 17.3. The molecule has 0 atom stereocenters. The minimum Gasteiger partial charge on any atom is -0.507 e. The van der Waals surface area contributed by atoms with Crippen molar-refractivity contribution in [1.29, 1.82) is 0 Å². The van der Waals surface area contributed by atoms with Crippen LogP contribution < -0.4 is 10.4 Å². The van der Waals surface area contributed by atoms with Gasteiger partial charge in [-0.3, -0.25) is 4.79 Å². The standard InChI is InChI=1S/C22H26O7/c1-6-15-10(2)17(24)14(21(27)28-15)9-13-19(26)16(11(3)23)18(25)12-7-8-22(4,5)29-20(12)13/h24-26H,6-9H2,1-5H3. The van der Waals surface area contributed by atoms with Crippen molar-refractivity contribution in [2.24, 2.45) is 0 Å². The Kier molecular flexibility index (Phi) is 5.11. The Morgan fingerprint density at radius 2 is 1.76 bits per heavy atom. The van der Waals surface area contributed by atoms with Gasteiger partial charge in [0, 0.05) is 29.5 Å². The summed E-state index contributed by atoms with van der Waals surface area (Å²) in [6.07, 6.45) is 1.29. The van der Waals surface area contributed by atoms with Gasteiger partial charge in [-0.15, -0.1) is 0 Å². The lowest BCUT2D eigenvalue weighted by Crippen LogP contribution is -2.33. The number of fused-ring (bicyclic) bond motifs is 1. The van der Waals surface area contributed by atoms with Crippen molar-refractivity contribution in [2.45, 2.75) is 65.9 Å². The number of carbonyl (C=O) groups is 1. The third kappa shape index (κ3) is 3.45. The van der Waals surface area contributed by atoms with Gasteiger partial charge in [0.1, 0.15) is 39.9 Å². The van der Waals surface area contributed by atoms with Crippen molar-refractivity contribution in [3.63, 3.8) is 0 Å². The Morgan fingerprint density at radius 1 is 1.10 bits per heavy atom. The summed E-state index contributed by atoms with van der Waals surface area (Å²) in [5.41, 5.74) is -0.507. The average Bonchev–Trinajstić information content (AvgIpc) is 2.62. The summed E-state index contributed by atoms with van der Waals surface area (Å²) in [5.74, 6) is -0.866. The van der Waals surface area contributed by atoms with Crippen molar-refractivity contribution in [1.82, 2.24) is 0 Å². The van der Waals surface area contributed by atoms with Crippen LogP contribution >= 0.6 is 0 Å². The molecule has 0 fully saturated rings. The molecule has 7 nitrogen and oxygen atoms in total. The van der Waals surface area contributed by atoms with Crippen LogP contribution in [0.15, 0.2) is 9.21 Å². The Hall–Kier alpha value is -2.96. The van der Waals surface area contributed by atoms with Crippen LogP contribution in [0.3, 0.4) is 0 Å². The first-order valence-corrected chi connectivity index (χ1v) is 9.62. The van der Waals surface area contributed by atoms with E-state index >= 15 is 0 Å². The molecule has 7 heteroatoms. The molecule has 0 amide bonds. The number of phenolic OH excluding ortho intramolecular Hbond substituents is 2. The van der Waals surface area contributed by atoms with Crippen molar-refractivity contribution < 1.29 is 29.3 Å². The summed E-state index contributed by atoms with van der Waals surface area (Å²) in [6.45, 7) is 8.44. The van der Waals surface area contributed by atoms with Crippen LogP contribution in [0.1, 0.15) is 72.5 Å². The summed E-state index contributed by atoms with van der Waals surface area (Å²) in [7, 11) is 0. The number of ketones is 1. The summed E-state index contributed by atoms with van der Waals surface area (Å²) in [4.78, 5) is 24.6. The van der Waals surface area contributed by atoms with Gasteiger partial charge in [0.25, 0.3) is 0 Å². The molecule has 0 aliphatic carbocycles. The number of phenols is 2. The largest absolute Gasteiger partial charge is 0.507 e. The summed E-state index contributed by atoms with van der Waals surface area (Å²) < 4.78 is 11.3. The molecule has 1 aromatic heterocycles. The molecule has 1 aromatic carbocycles. The smallest absolute Gasteiger partial charge is 0.343 e. The molecule has 3 N–H and O–H groups in total. The molecule has 0 spiro atoms. The third-order valence-corrected chi connectivity index (χ3v) is 5.50. The SMILES string of the molecule is CCc1oc(=O)c(Cc2c(O)c(C(C)=O)c(O)c3c2OC(C)(C)CC3)c(O)c1C. The van der Waals surface area contributed by atoms with Crippen LogP contribution in [0, 0.1) is 6.92 Å². The number of benzene rings is 1.